The number of aromatic nitrogens is 2. The second-order valence-corrected chi connectivity index (χ2v) is 4.26. The predicted octanol–water partition coefficient (Wildman–Crippen LogP) is 2.39. The van der Waals surface area contributed by atoms with E-state index < -0.39 is 0 Å². The van der Waals surface area contributed by atoms with Gasteiger partial charge in [0.2, 0.25) is 0 Å². The van der Waals surface area contributed by atoms with E-state index in [0.29, 0.717) is 12.6 Å². The topological polar surface area (TPSA) is 37.8 Å². The molecule has 0 aromatic carbocycles. The normalized spacial score (nSPS) is 12.6. The zero-order valence-electron chi connectivity index (χ0n) is 8.55. The quantitative estimate of drug-likeness (QED) is 0.858. The fourth-order valence-corrected chi connectivity index (χ4v) is 2.06. The number of rotatable bonds is 4. The molecule has 2 aromatic rings. The molecule has 78 valence electrons. The fraction of sp³-hybridized carbons (Fsp3) is 0.273. The summed E-state index contributed by atoms with van der Waals surface area (Å²) in [6, 6.07) is 6.38. The average molecular weight is 219 g/mol. The molecule has 0 radical (unpaired) electrons. The molecule has 3 nitrogen and oxygen atoms in total. The van der Waals surface area contributed by atoms with Gasteiger partial charge >= 0.3 is 0 Å². The SMILES string of the molecule is CC(NCc1ncccn1)c1cccs1. The summed E-state index contributed by atoms with van der Waals surface area (Å²) in [6.45, 7) is 2.86. The van der Waals surface area contributed by atoms with Gasteiger partial charge in [-0.05, 0) is 24.4 Å². The predicted molar refractivity (Wildman–Crippen MR) is 61.6 cm³/mol. The van der Waals surface area contributed by atoms with Gasteiger partial charge in [-0.1, -0.05) is 6.07 Å². The van der Waals surface area contributed by atoms with Gasteiger partial charge in [-0.2, -0.15) is 0 Å². The van der Waals surface area contributed by atoms with E-state index in [1.165, 1.54) is 4.88 Å². The van der Waals surface area contributed by atoms with Crippen molar-refractivity contribution in [3.63, 3.8) is 0 Å². The third-order valence-corrected chi connectivity index (χ3v) is 3.21. The lowest BCUT2D eigenvalue weighted by molar-refractivity contribution is 0.566. The summed E-state index contributed by atoms with van der Waals surface area (Å²) in [5.74, 6) is 0.834. The van der Waals surface area contributed by atoms with E-state index in [4.69, 9.17) is 0 Å². The number of thiophene rings is 1. The van der Waals surface area contributed by atoms with E-state index >= 15 is 0 Å². The standard InChI is InChI=1S/C11H13N3S/c1-9(10-4-2-7-15-10)14-8-11-12-5-3-6-13-11/h2-7,9,14H,8H2,1H3. The highest BCUT2D eigenvalue weighted by Gasteiger charge is 2.05. The van der Waals surface area contributed by atoms with Gasteiger partial charge in [0.1, 0.15) is 5.82 Å². The van der Waals surface area contributed by atoms with E-state index in [1.807, 2.05) is 6.07 Å². The van der Waals surface area contributed by atoms with Gasteiger partial charge < -0.3 is 5.32 Å². The second kappa shape index (κ2) is 5.00. The third-order valence-electron chi connectivity index (χ3n) is 2.16. The number of hydrogen-bond acceptors (Lipinski definition) is 4. The molecule has 0 saturated heterocycles. The Balaban J connectivity index is 1.89. The summed E-state index contributed by atoms with van der Waals surface area (Å²) >= 11 is 1.76. The Kier molecular flexibility index (Phi) is 3.42. The van der Waals surface area contributed by atoms with Crippen LogP contribution in [0.25, 0.3) is 0 Å². The van der Waals surface area contributed by atoms with Crippen molar-refractivity contribution in [1.29, 1.82) is 0 Å². The summed E-state index contributed by atoms with van der Waals surface area (Å²) < 4.78 is 0. The minimum Gasteiger partial charge on any atom is -0.302 e. The van der Waals surface area contributed by atoms with Gasteiger partial charge in [-0.3, -0.25) is 0 Å². The molecule has 0 aliphatic carbocycles. The molecule has 0 aliphatic rings. The van der Waals surface area contributed by atoms with Gasteiger partial charge in [-0.15, -0.1) is 11.3 Å². The maximum Gasteiger partial charge on any atom is 0.141 e. The Morgan fingerprint density at radius 3 is 2.80 bits per heavy atom. The number of nitrogens with zero attached hydrogens (tertiary/aromatic N) is 2. The highest BCUT2D eigenvalue weighted by molar-refractivity contribution is 7.10. The Labute approximate surface area is 93.2 Å². The molecule has 0 amide bonds. The molecule has 0 bridgehead atoms. The Morgan fingerprint density at radius 2 is 2.13 bits per heavy atom. The highest BCUT2D eigenvalue weighted by Crippen LogP contribution is 2.17. The first kappa shape index (κ1) is 10.3. The van der Waals surface area contributed by atoms with Gasteiger partial charge in [-0.25, -0.2) is 9.97 Å². The Bertz CT molecular complexity index is 385. The lowest BCUT2D eigenvalue weighted by Gasteiger charge is -2.10. The second-order valence-electron chi connectivity index (χ2n) is 3.28. The van der Waals surface area contributed by atoms with Crippen molar-refractivity contribution in [3.05, 3.63) is 46.7 Å². The van der Waals surface area contributed by atoms with Crippen molar-refractivity contribution in [3.8, 4) is 0 Å². The first-order valence-electron chi connectivity index (χ1n) is 4.89. The minimum atomic E-state index is 0.355. The van der Waals surface area contributed by atoms with E-state index in [9.17, 15) is 0 Å². The van der Waals surface area contributed by atoms with Gasteiger partial charge in [0, 0.05) is 23.3 Å². The van der Waals surface area contributed by atoms with Crippen LogP contribution in [0.3, 0.4) is 0 Å². The van der Waals surface area contributed by atoms with Crippen LogP contribution in [0.15, 0.2) is 36.0 Å². The van der Waals surface area contributed by atoms with E-state index in [2.05, 4.69) is 39.7 Å². The average Bonchev–Trinajstić information content (AvgIpc) is 2.81. The maximum atomic E-state index is 4.16. The van der Waals surface area contributed by atoms with Gasteiger partial charge in [0.25, 0.3) is 0 Å². The fourth-order valence-electron chi connectivity index (χ4n) is 1.30. The van der Waals surface area contributed by atoms with Crippen molar-refractivity contribution >= 4 is 11.3 Å². The molecule has 1 N–H and O–H groups in total. The molecule has 2 heterocycles. The van der Waals surface area contributed by atoms with E-state index in [-0.39, 0.29) is 0 Å². The number of hydrogen-bond donors (Lipinski definition) is 1. The zero-order chi connectivity index (χ0) is 10.5. The third kappa shape index (κ3) is 2.84. The molecule has 0 fully saturated rings. The molecule has 2 aromatic heterocycles. The molecule has 2 rings (SSSR count). The van der Waals surface area contributed by atoms with Gasteiger partial charge in [0.15, 0.2) is 0 Å². The van der Waals surface area contributed by atoms with Crippen LogP contribution >= 0.6 is 11.3 Å². The first-order chi connectivity index (χ1) is 7.36. The Morgan fingerprint density at radius 1 is 1.33 bits per heavy atom. The molecule has 1 unspecified atom stereocenters. The van der Waals surface area contributed by atoms with Crippen LogP contribution in [-0.2, 0) is 6.54 Å². The smallest absolute Gasteiger partial charge is 0.141 e. The van der Waals surface area contributed by atoms with Crippen LogP contribution in [0.2, 0.25) is 0 Å². The van der Waals surface area contributed by atoms with Gasteiger partial charge in [0.05, 0.1) is 6.54 Å². The monoisotopic (exact) mass is 219 g/mol. The summed E-state index contributed by atoms with van der Waals surface area (Å²) in [4.78, 5) is 9.66. The van der Waals surface area contributed by atoms with Crippen LogP contribution in [-0.4, -0.2) is 9.97 Å². The lowest BCUT2D eigenvalue weighted by atomic mass is 10.3. The molecular formula is C11H13N3S. The Hall–Kier alpha value is -1.26. The summed E-state index contributed by atoms with van der Waals surface area (Å²) in [7, 11) is 0. The molecule has 1 atom stereocenters. The van der Waals surface area contributed by atoms with Crippen molar-refractivity contribution in [2.24, 2.45) is 0 Å². The van der Waals surface area contributed by atoms with Crippen LogP contribution in [0.5, 0.6) is 0 Å². The van der Waals surface area contributed by atoms with Crippen LogP contribution in [0, 0.1) is 0 Å². The number of nitrogens with one attached hydrogen (secondary N) is 1. The lowest BCUT2D eigenvalue weighted by Crippen LogP contribution is -2.18. The summed E-state index contributed by atoms with van der Waals surface area (Å²) in [5.41, 5.74) is 0. The summed E-state index contributed by atoms with van der Waals surface area (Å²) in [5, 5.41) is 5.48. The maximum absolute atomic E-state index is 4.16. The van der Waals surface area contributed by atoms with Crippen LogP contribution < -0.4 is 5.32 Å². The summed E-state index contributed by atoms with van der Waals surface area (Å²) in [6.07, 6.45) is 3.53. The van der Waals surface area contributed by atoms with Crippen molar-refractivity contribution in [1.82, 2.24) is 15.3 Å². The van der Waals surface area contributed by atoms with E-state index in [1.54, 1.807) is 23.7 Å². The molecule has 0 saturated carbocycles. The van der Waals surface area contributed by atoms with Crippen molar-refractivity contribution in [2.45, 2.75) is 19.5 Å². The molecular weight excluding hydrogens is 206 g/mol. The first-order valence-corrected chi connectivity index (χ1v) is 5.77. The highest BCUT2D eigenvalue weighted by atomic mass is 32.1. The molecule has 15 heavy (non-hydrogen) atoms. The molecule has 4 heteroatoms. The van der Waals surface area contributed by atoms with E-state index in [0.717, 1.165) is 5.82 Å². The molecule has 0 spiro atoms. The zero-order valence-corrected chi connectivity index (χ0v) is 9.37. The van der Waals surface area contributed by atoms with Crippen molar-refractivity contribution < 1.29 is 0 Å². The van der Waals surface area contributed by atoms with Crippen LogP contribution in [0.4, 0.5) is 0 Å². The van der Waals surface area contributed by atoms with Crippen molar-refractivity contribution in [2.75, 3.05) is 0 Å². The van der Waals surface area contributed by atoms with Crippen LogP contribution in [0.1, 0.15) is 23.7 Å². The molecule has 0 aliphatic heterocycles. The largest absolute Gasteiger partial charge is 0.302 e. The minimum absolute atomic E-state index is 0.355.